The monoisotopic (exact) mass is 333 g/mol. The van der Waals surface area contributed by atoms with Crippen molar-refractivity contribution in [1.29, 1.82) is 0 Å². The minimum atomic E-state index is -0.320. The second kappa shape index (κ2) is 6.51. The quantitative estimate of drug-likeness (QED) is 0.740. The lowest BCUT2D eigenvalue weighted by molar-refractivity contribution is 0.0785. The third-order valence-electron chi connectivity index (χ3n) is 4.63. The molecule has 0 N–H and O–H groups in total. The fraction of sp³-hybridized carbons (Fsp3) is 0.250. The summed E-state index contributed by atoms with van der Waals surface area (Å²) in [6, 6.07) is 17.3. The van der Waals surface area contributed by atoms with E-state index >= 15 is 0 Å². The Labute approximate surface area is 145 Å². The van der Waals surface area contributed by atoms with E-state index in [-0.39, 0.29) is 17.2 Å². The van der Waals surface area contributed by atoms with E-state index in [4.69, 9.17) is 0 Å². The van der Waals surface area contributed by atoms with Crippen molar-refractivity contribution in [1.82, 2.24) is 14.5 Å². The number of nitrogens with zero attached hydrogens (tertiary/aromatic N) is 3. The van der Waals surface area contributed by atoms with Gasteiger partial charge >= 0.3 is 0 Å². The summed E-state index contributed by atoms with van der Waals surface area (Å²) in [7, 11) is 0. The van der Waals surface area contributed by atoms with Crippen LogP contribution < -0.4 is 5.56 Å². The molecular formula is C20H19N3O2. The van der Waals surface area contributed by atoms with Crippen molar-refractivity contribution < 1.29 is 4.79 Å². The molecule has 0 atom stereocenters. The molecule has 126 valence electrons. The molecule has 0 saturated carbocycles. The van der Waals surface area contributed by atoms with Crippen LogP contribution in [0.1, 0.15) is 28.9 Å². The number of hydrogen-bond acceptors (Lipinski definition) is 3. The van der Waals surface area contributed by atoms with E-state index in [9.17, 15) is 9.59 Å². The average Bonchev–Trinajstić information content (AvgIpc) is 3.19. The second-order valence-corrected chi connectivity index (χ2v) is 6.33. The Hall–Kier alpha value is -2.95. The minimum absolute atomic E-state index is 0.0246. The molecule has 1 aromatic heterocycles. The second-order valence-electron chi connectivity index (χ2n) is 6.33. The first kappa shape index (κ1) is 15.6. The Morgan fingerprint density at radius 3 is 2.40 bits per heavy atom. The van der Waals surface area contributed by atoms with Gasteiger partial charge in [-0.2, -0.15) is 0 Å². The maximum atomic E-state index is 13.0. The summed E-state index contributed by atoms with van der Waals surface area (Å²) in [5.41, 5.74) is 2.13. The van der Waals surface area contributed by atoms with Gasteiger partial charge in [-0.1, -0.05) is 42.5 Å². The zero-order chi connectivity index (χ0) is 17.2. The van der Waals surface area contributed by atoms with Gasteiger partial charge < -0.3 is 9.47 Å². The van der Waals surface area contributed by atoms with Crippen LogP contribution in [0.15, 0.2) is 59.4 Å². The Morgan fingerprint density at radius 1 is 0.960 bits per heavy atom. The molecule has 1 aliphatic rings. The van der Waals surface area contributed by atoms with E-state index in [1.165, 1.54) is 0 Å². The largest absolute Gasteiger partial charge is 0.337 e. The summed E-state index contributed by atoms with van der Waals surface area (Å²) in [6.07, 6.45) is 1.97. The van der Waals surface area contributed by atoms with Crippen LogP contribution in [0, 0.1) is 0 Å². The maximum absolute atomic E-state index is 13.0. The van der Waals surface area contributed by atoms with Gasteiger partial charge in [0.2, 0.25) is 0 Å². The highest BCUT2D eigenvalue weighted by atomic mass is 16.2. The van der Waals surface area contributed by atoms with Crippen LogP contribution in [0.25, 0.3) is 11.0 Å². The normalized spacial score (nSPS) is 14.2. The number of benzene rings is 2. The van der Waals surface area contributed by atoms with Crippen LogP contribution in [0.5, 0.6) is 0 Å². The lowest BCUT2D eigenvalue weighted by Gasteiger charge is -2.16. The van der Waals surface area contributed by atoms with Crippen LogP contribution in [0.4, 0.5) is 0 Å². The molecule has 0 spiro atoms. The van der Waals surface area contributed by atoms with Crippen LogP contribution >= 0.6 is 0 Å². The predicted molar refractivity (Wildman–Crippen MR) is 96.7 cm³/mol. The number of aromatic nitrogens is 2. The summed E-state index contributed by atoms with van der Waals surface area (Å²) >= 11 is 0. The molecule has 2 aromatic carbocycles. The maximum Gasteiger partial charge on any atom is 0.283 e. The smallest absolute Gasteiger partial charge is 0.283 e. The molecule has 5 nitrogen and oxygen atoms in total. The molecule has 1 saturated heterocycles. The van der Waals surface area contributed by atoms with Gasteiger partial charge in [-0.25, -0.2) is 4.98 Å². The van der Waals surface area contributed by atoms with Gasteiger partial charge in [0.1, 0.15) is 0 Å². The van der Waals surface area contributed by atoms with Crippen molar-refractivity contribution in [3.8, 4) is 0 Å². The number of carbonyl (C=O) groups excluding carboxylic acids is 1. The fourth-order valence-corrected chi connectivity index (χ4v) is 3.32. The van der Waals surface area contributed by atoms with Crippen LogP contribution in [0.2, 0.25) is 0 Å². The Bertz CT molecular complexity index is 973. The highest BCUT2D eigenvalue weighted by Crippen LogP contribution is 2.15. The van der Waals surface area contributed by atoms with E-state index in [0.29, 0.717) is 25.2 Å². The SMILES string of the molecule is O=C(c1nc2ccccc2n(Cc2ccccc2)c1=O)N1CCCC1. The molecular weight excluding hydrogens is 314 g/mol. The highest BCUT2D eigenvalue weighted by molar-refractivity contribution is 5.94. The van der Waals surface area contributed by atoms with Gasteiger partial charge in [0.15, 0.2) is 5.69 Å². The molecule has 4 rings (SSSR count). The van der Waals surface area contributed by atoms with E-state index in [1.54, 1.807) is 9.47 Å². The summed E-state index contributed by atoms with van der Waals surface area (Å²) < 4.78 is 1.65. The van der Waals surface area contributed by atoms with Gasteiger partial charge in [-0.15, -0.1) is 0 Å². The van der Waals surface area contributed by atoms with Crippen LogP contribution in [-0.2, 0) is 6.54 Å². The molecule has 1 aliphatic heterocycles. The average molecular weight is 333 g/mol. The zero-order valence-electron chi connectivity index (χ0n) is 13.9. The lowest BCUT2D eigenvalue weighted by Crippen LogP contribution is -2.36. The molecule has 0 bridgehead atoms. The molecule has 0 aliphatic carbocycles. The number of amides is 1. The molecule has 1 amide bonds. The van der Waals surface area contributed by atoms with Gasteiger partial charge in [-0.05, 0) is 30.5 Å². The molecule has 5 heteroatoms. The Morgan fingerprint density at radius 2 is 1.64 bits per heavy atom. The van der Waals surface area contributed by atoms with Crippen LogP contribution in [0.3, 0.4) is 0 Å². The van der Waals surface area contributed by atoms with E-state index in [1.807, 2.05) is 54.6 Å². The summed E-state index contributed by atoms with van der Waals surface area (Å²) in [5.74, 6) is -0.255. The minimum Gasteiger partial charge on any atom is -0.337 e. The molecule has 2 heterocycles. The standard InChI is InChI=1S/C20H19N3O2/c24-19(22-12-6-7-13-22)18-20(25)23(14-15-8-2-1-3-9-15)17-11-5-4-10-16(17)21-18/h1-5,8-11H,6-7,12-14H2. The Kier molecular flexibility index (Phi) is 4.06. The van der Waals surface area contributed by atoms with Crippen molar-refractivity contribution in [2.45, 2.75) is 19.4 Å². The van der Waals surface area contributed by atoms with E-state index in [2.05, 4.69) is 4.98 Å². The topological polar surface area (TPSA) is 55.2 Å². The number of carbonyl (C=O) groups is 1. The zero-order valence-corrected chi connectivity index (χ0v) is 13.9. The number of hydrogen-bond donors (Lipinski definition) is 0. The molecule has 25 heavy (non-hydrogen) atoms. The molecule has 0 unspecified atom stereocenters. The van der Waals surface area contributed by atoms with Gasteiger partial charge in [-0.3, -0.25) is 9.59 Å². The number of rotatable bonds is 3. The van der Waals surface area contributed by atoms with Gasteiger partial charge in [0.05, 0.1) is 17.6 Å². The molecule has 3 aromatic rings. The molecule has 0 radical (unpaired) electrons. The number of para-hydroxylation sites is 2. The first-order valence-electron chi connectivity index (χ1n) is 8.57. The predicted octanol–water partition coefficient (Wildman–Crippen LogP) is 2.68. The summed E-state index contributed by atoms with van der Waals surface area (Å²) in [5, 5.41) is 0. The summed E-state index contributed by atoms with van der Waals surface area (Å²) in [4.78, 5) is 31.9. The third kappa shape index (κ3) is 2.93. The highest BCUT2D eigenvalue weighted by Gasteiger charge is 2.25. The van der Waals surface area contributed by atoms with Crippen molar-refractivity contribution in [2.75, 3.05) is 13.1 Å². The van der Waals surface area contributed by atoms with Crippen molar-refractivity contribution in [3.05, 3.63) is 76.2 Å². The number of fused-ring (bicyclic) bond motifs is 1. The number of likely N-dealkylation sites (tertiary alicyclic amines) is 1. The van der Waals surface area contributed by atoms with E-state index < -0.39 is 0 Å². The van der Waals surface area contributed by atoms with Crippen molar-refractivity contribution >= 4 is 16.9 Å². The third-order valence-corrected chi connectivity index (χ3v) is 4.63. The summed E-state index contributed by atoms with van der Waals surface area (Å²) in [6.45, 7) is 1.82. The molecule has 1 fully saturated rings. The van der Waals surface area contributed by atoms with Crippen molar-refractivity contribution in [2.24, 2.45) is 0 Å². The first-order valence-corrected chi connectivity index (χ1v) is 8.57. The Balaban J connectivity index is 1.86. The fourth-order valence-electron chi connectivity index (χ4n) is 3.32. The lowest BCUT2D eigenvalue weighted by atomic mass is 10.2. The first-order chi connectivity index (χ1) is 12.2. The van der Waals surface area contributed by atoms with E-state index in [0.717, 1.165) is 23.9 Å². The van der Waals surface area contributed by atoms with Gasteiger partial charge in [0.25, 0.3) is 11.5 Å². The van der Waals surface area contributed by atoms with Gasteiger partial charge in [0, 0.05) is 13.1 Å². The van der Waals surface area contributed by atoms with Crippen LogP contribution in [-0.4, -0.2) is 33.4 Å². The van der Waals surface area contributed by atoms with Crippen molar-refractivity contribution in [3.63, 3.8) is 0 Å².